The highest BCUT2D eigenvalue weighted by Crippen LogP contribution is 2.24. The maximum atomic E-state index is 13.6. The summed E-state index contributed by atoms with van der Waals surface area (Å²) in [5.41, 5.74) is 5.69. The predicted molar refractivity (Wildman–Crippen MR) is 68.8 cm³/mol. The van der Waals surface area contributed by atoms with E-state index in [4.69, 9.17) is 19.9 Å². The summed E-state index contributed by atoms with van der Waals surface area (Å²) in [6.45, 7) is 4.84. The van der Waals surface area contributed by atoms with Crippen molar-refractivity contribution in [1.82, 2.24) is 0 Å². The third-order valence-electron chi connectivity index (χ3n) is 2.29. The molecule has 0 aliphatic rings. The molecule has 0 saturated heterocycles. The lowest BCUT2D eigenvalue weighted by Crippen LogP contribution is -2.11. The van der Waals surface area contributed by atoms with E-state index in [1.807, 2.05) is 6.92 Å². The summed E-state index contributed by atoms with van der Waals surface area (Å²) in [6.07, 6.45) is 0. The van der Waals surface area contributed by atoms with Crippen LogP contribution in [0.3, 0.4) is 0 Å². The molecule has 0 atom stereocenters. The van der Waals surface area contributed by atoms with Gasteiger partial charge in [-0.05, 0) is 19.9 Å². The first-order valence-electron chi connectivity index (χ1n) is 6.06. The number of esters is 1. The first-order valence-corrected chi connectivity index (χ1v) is 6.06. The quantitative estimate of drug-likeness (QED) is 0.466. The summed E-state index contributed by atoms with van der Waals surface area (Å²) in [4.78, 5) is 11.6. The van der Waals surface area contributed by atoms with Crippen molar-refractivity contribution in [3.8, 4) is 5.75 Å². The number of nitrogens with two attached hydrogens (primary N) is 1. The molecule has 106 valence electrons. The lowest BCUT2D eigenvalue weighted by molar-refractivity contribution is 0.0527. The number of hydrogen-bond acceptors (Lipinski definition) is 5. The second kappa shape index (κ2) is 7.58. The Labute approximate surface area is 111 Å². The van der Waals surface area contributed by atoms with Crippen molar-refractivity contribution in [2.75, 3.05) is 32.2 Å². The van der Waals surface area contributed by atoms with Gasteiger partial charge in [-0.1, -0.05) is 0 Å². The molecule has 0 saturated carbocycles. The molecule has 0 heterocycles. The van der Waals surface area contributed by atoms with Crippen molar-refractivity contribution in [3.63, 3.8) is 0 Å². The van der Waals surface area contributed by atoms with Crippen LogP contribution >= 0.6 is 0 Å². The third kappa shape index (κ3) is 4.40. The van der Waals surface area contributed by atoms with Gasteiger partial charge in [0.2, 0.25) is 0 Å². The minimum atomic E-state index is -0.623. The average Bonchev–Trinajstić information content (AvgIpc) is 2.37. The number of rotatable bonds is 7. The lowest BCUT2D eigenvalue weighted by Gasteiger charge is -2.11. The fourth-order valence-electron chi connectivity index (χ4n) is 1.42. The van der Waals surface area contributed by atoms with Crippen LogP contribution in [-0.2, 0) is 9.47 Å². The fourth-order valence-corrected chi connectivity index (χ4v) is 1.42. The molecule has 0 amide bonds. The number of carbonyl (C=O) groups is 1. The maximum absolute atomic E-state index is 13.6. The zero-order chi connectivity index (χ0) is 14.3. The normalized spacial score (nSPS) is 10.3. The molecule has 1 rings (SSSR count). The summed E-state index contributed by atoms with van der Waals surface area (Å²) in [7, 11) is 0. The number of halogens is 1. The summed E-state index contributed by atoms with van der Waals surface area (Å²) in [5.74, 6) is -1.27. The van der Waals surface area contributed by atoms with E-state index < -0.39 is 11.8 Å². The van der Waals surface area contributed by atoms with Gasteiger partial charge in [-0.2, -0.15) is 0 Å². The highest BCUT2D eigenvalue weighted by Gasteiger charge is 2.16. The maximum Gasteiger partial charge on any atom is 0.340 e. The van der Waals surface area contributed by atoms with Gasteiger partial charge in [-0.25, -0.2) is 9.18 Å². The Morgan fingerprint density at radius 3 is 2.63 bits per heavy atom. The number of anilines is 1. The van der Waals surface area contributed by atoms with Crippen LogP contribution in [0.1, 0.15) is 24.2 Å². The molecule has 1 aromatic carbocycles. The van der Waals surface area contributed by atoms with Crippen LogP contribution in [0.25, 0.3) is 0 Å². The lowest BCUT2D eigenvalue weighted by atomic mass is 10.1. The first kappa shape index (κ1) is 15.2. The van der Waals surface area contributed by atoms with Gasteiger partial charge in [0.15, 0.2) is 11.6 Å². The monoisotopic (exact) mass is 271 g/mol. The molecule has 0 spiro atoms. The molecule has 0 aromatic heterocycles. The van der Waals surface area contributed by atoms with Gasteiger partial charge in [-0.15, -0.1) is 0 Å². The van der Waals surface area contributed by atoms with E-state index in [1.165, 1.54) is 6.07 Å². The molecule has 0 unspecified atom stereocenters. The third-order valence-corrected chi connectivity index (χ3v) is 2.29. The van der Waals surface area contributed by atoms with Gasteiger partial charge in [-0.3, -0.25) is 0 Å². The molecular formula is C13H18FNO4. The molecule has 1 aromatic rings. The molecule has 2 N–H and O–H groups in total. The molecule has 6 heteroatoms. The zero-order valence-electron chi connectivity index (χ0n) is 11.1. The van der Waals surface area contributed by atoms with Crippen molar-refractivity contribution in [2.24, 2.45) is 0 Å². The first-order chi connectivity index (χ1) is 9.10. The zero-order valence-corrected chi connectivity index (χ0v) is 11.1. The van der Waals surface area contributed by atoms with Crippen molar-refractivity contribution in [2.45, 2.75) is 13.8 Å². The van der Waals surface area contributed by atoms with Gasteiger partial charge in [0, 0.05) is 18.4 Å². The van der Waals surface area contributed by atoms with E-state index in [2.05, 4.69) is 0 Å². The van der Waals surface area contributed by atoms with E-state index >= 15 is 0 Å². The van der Waals surface area contributed by atoms with Crippen LogP contribution in [0.5, 0.6) is 5.75 Å². The minimum absolute atomic E-state index is 0.0214. The molecule has 0 fully saturated rings. The van der Waals surface area contributed by atoms with Crippen LogP contribution in [0, 0.1) is 5.82 Å². The number of ether oxygens (including phenoxy) is 3. The Balaban J connectivity index is 2.81. The van der Waals surface area contributed by atoms with Crippen LogP contribution in [-0.4, -0.2) is 32.4 Å². The molecular weight excluding hydrogens is 253 g/mol. The Morgan fingerprint density at radius 2 is 2.00 bits per heavy atom. The Bertz CT molecular complexity index is 437. The standard InChI is InChI=1S/C13H18FNO4/c1-3-17-5-6-19-12-7-9(13(16)18-4-2)11(15)8-10(12)14/h7-8H,3-6,15H2,1-2H3. The molecule has 0 aliphatic carbocycles. The predicted octanol–water partition coefficient (Wildman–Crippen LogP) is 2.00. The SMILES string of the molecule is CCOCCOc1cc(C(=O)OCC)c(N)cc1F. The topological polar surface area (TPSA) is 70.8 Å². The summed E-state index contributed by atoms with van der Waals surface area (Å²) in [6, 6.07) is 2.29. The highest BCUT2D eigenvalue weighted by atomic mass is 19.1. The fraction of sp³-hybridized carbons (Fsp3) is 0.462. The van der Waals surface area contributed by atoms with E-state index in [9.17, 15) is 9.18 Å². The second-order valence-electron chi connectivity index (χ2n) is 3.64. The van der Waals surface area contributed by atoms with E-state index in [0.29, 0.717) is 13.2 Å². The molecule has 0 bridgehead atoms. The van der Waals surface area contributed by atoms with Gasteiger partial charge in [0.25, 0.3) is 0 Å². The van der Waals surface area contributed by atoms with Crippen LogP contribution in [0.15, 0.2) is 12.1 Å². The number of nitrogen functional groups attached to an aromatic ring is 1. The van der Waals surface area contributed by atoms with Crippen molar-refractivity contribution in [1.29, 1.82) is 0 Å². The molecule has 5 nitrogen and oxygen atoms in total. The van der Waals surface area contributed by atoms with Crippen LogP contribution in [0.4, 0.5) is 10.1 Å². The second-order valence-corrected chi connectivity index (χ2v) is 3.64. The highest BCUT2D eigenvalue weighted by molar-refractivity contribution is 5.95. The number of benzene rings is 1. The van der Waals surface area contributed by atoms with Gasteiger partial charge >= 0.3 is 5.97 Å². The van der Waals surface area contributed by atoms with Crippen molar-refractivity contribution in [3.05, 3.63) is 23.5 Å². The number of carbonyl (C=O) groups excluding carboxylic acids is 1. The Kier molecular flexibility index (Phi) is 6.08. The summed E-state index contributed by atoms with van der Waals surface area (Å²) < 4.78 is 28.7. The van der Waals surface area contributed by atoms with Gasteiger partial charge < -0.3 is 19.9 Å². The largest absolute Gasteiger partial charge is 0.488 e. The van der Waals surface area contributed by atoms with E-state index in [0.717, 1.165) is 6.07 Å². The van der Waals surface area contributed by atoms with Crippen LogP contribution in [0.2, 0.25) is 0 Å². The smallest absolute Gasteiger partial charge is 0.340 e. The Morgan fingerprint density at radius 1 is 1.26 bits per heavy atom. The van der Waals surface area contributed by atoms with Crippen molar-refractivity contribution < 1.29 is 23.4 Å². The summed E-state index contributed by atoms with van der Waals surface area (Å²) >= 11 is 0. The number of hydrogen-bond donors (Lipinski definition) is 1. The van der Waals surface area contributed by atoms with E-state index in [1.54, 1.807) is 6.92 Å². The summed E-state index contributed by atoms with van der Waals surface area (Å²) in [5, 5.41) is 0. The minimum Gasteiger partial charge on any atom is -0.488 e. The molecule has 0 aliphatic heterocycles. The molecule has 0 radical (unpaired) electrons. The van der Waals surface area contributed by atoms with Gasteiger partial charge in [0.1, 0.15) is 6.61 Å². The molecule has 19 heavy (non-hydrogen) atoms. The van der Waals surface area contributed by atoms with Crippen molar-refractivity contribution >= 4 is 11.7 Å². The van der Waals surface area contributed by atoms with Crippen LogP contribution < -0.4 is 10.5 Å². The average molecular weight is 271 g/mol. The van der Waals surface area contributed by atoms with Gasteiger partial charge in [0.05, 0.1) is 18.8 Å². The Hall–Kier alpha value is -1.82. The van der Waals surface area contributed by atoms with E-state index in [-0.39, 0.29) is 30.2 Å².